The van der Waals surface area contributed by atoms with Crippen molar-refractivity contribution in [2.24, 2.45) is 5.73 Å². The normalized spacial score (nSPS) is 12.7. The molecule has 1 atom stereocenters. The monoisotopic (exact) mass is 313 g/mol. The van der Waals surface area contributed by atoms with E-state index < -0.39 is 0 Å². The van der Waals surface area contributed by atoms with E-state index in [4.69, 9.17) is 21.8 Å². The van der Waals surface area contributed by atoms with Gasteiger partial charge in [-0.25, -0.2) is 0 Å². The molecule has 2 aromatic rings. The fourth-order valence-electron chi connectivity index (χ4n) is 1.78. The van der Waals surface area contributed by atoms with E-state index in [1.165, 1.54) is 0 Å². The Morgan fingerprint density at radius 1 is 1.41 bits per heavy atom. The SMILES string of the molecule is Cc1ccoc1C(N)Cc1ccc(Br)cc1Cl. The van der Waals surface area contributed by atoms with Gasteiger partial charge in [-0.3, -0.25) is 0 Å². The van der Waals surface area contributed by atoms with Crippen LogP contribution in [0.4, 0.5) is 0 Å². The van der Waals surface area contributed by atoms with Crippen molar-refractivity contribution in [3.8, 4) is 0 Å². The van der Waals surface area contributed by atoms with E-state index in [9.17, 15) is 0 Å². The molecule has 2 rings (SSSR count). The minimum absolute atomic E-state index is 0.163. The lowest BCUT2D eigenvalue weighted by Crippen LogP contribution is -2.13. The lowest BCUT2D eigenvalue weighted by atomic mass is 10.0. The zero-order chi connectivity index (χ0) is 12.4. The summed E-state index contributed by atoms with van der Waals surface area (Å²) in [7, 11) is 0. The molecule has 90 valence electrons. The van der Waals surface area contributed by atoms with E-state index in [0.29, 0.717) is 6.42 Å². The molecule has 1 aromatic carbocycles. The first-order valence-electron chi connectivity index (χ1n) is 5.31. The zero-order valence-electron chi connectivity index (χ0n) is 9.41. The largest absolute Gasteiger partial charge is 0.467 e. The summed E-state index contributed by atoms with van der Waals surface area (Å²) in [5.74, 6) is 0.823. The van der Waals surface area contributed by atoms with Crippen LogP contribution in [0.2, 0.25) is 5.02 Å². The Bertz CT molecular complexity index is 524. The molecule has 2 N–H and O–H groups in total. The average Bonchev–Trinajstić information content (AvgIpc) is 2.68. The fourth-order valence-corrected chi connectivity index (χ4v) is 2.53. The summed E-state index contributed by atoms with van der Waals surface area (Å²) >= 11 is 9.54. The molecule has 4 heteroatoms. The van der Waals surface area contributed by atoms with E-state index in [1.807, 2.05) is 31.2 Å². The molecule has 2 nitrogen and oxygen atoms in total. The van der Waals surface area contributed by atoms with Crippen LogP contribution in [0.1, 0.15) is 22.9 Å². The first-order chi connectivity index (χ1) is 8.08. The molecule has 17 heavy (non-hydrogen) atoms. The summed E-state index contributed by atoms with van der Waals surface area (Å²) in [6.07, 6.45) is 2.33. The highest BCUT2D eigenvalue weighted by Gasteiger charge is 2.14. The second kappa shape index (κ2) is 5.25. The summed E-state index contributed by atoms with van der Waals surface area (Å²) in [6, 6.07) is 7.56. The van der Waals surface area contributed by atoms with Crippen molar-refractivity contribution in [1.82, 2.24) is 0 Å². The molecule has 0 bridgehead atoms. The molecule has 0 aliphatic carbocycles. The quantitative estimate of drug-likeness (QED) is 0.920. The van der Waals surface area contributed by atoms with Crippen LogP contribution in [-0.2, 0) is 6.42 Å². The molecule has 1 heterocycles. The van der Waals surface area contributed by atoms with Gasteiger partial charge in [0.05, 0.1) is 12.3 Å². The summed E-state index contributed by atoms with van der Waals surface area (Å²) in [6.45, 7) is 1.99. The Hall–Kier alpha value is -0.770. The maximum Gasteiger partial charge on any atom is 0.123 e. The van der Waals surface area contributed by atoms with Crippen LogP contribution in [-0.4, -0.2) is 0 Å². The first kappa shape index (κ1) is 12.7. The maximum atomic E-state index is 6.16. The number of hydrogen-bond donors (Lipinski definition) is 1. The zero-order valence-corrected chi connectivity index (χ0v) is 11.8. The maximum absolute atomic E-state index is 6.16. The van der Waals surface area contributed by atoms with Gasteiger partial charge in [-0.15, -0.1) is 0 Å². The lowest BCUT2D eigenvalue weighted by molar-refractivity contribution is 0.461. The highest BCUT2D eigenvalue weighted by Crippen LogP contribution is 2.26. The Kier molecular flexibility index (Phi) is 3.92. The van der Waals surface area contributed by atoms with Crippen LogP contribution < -0.4 is 5.73 Å². The topological polar surface area (TPSA) is 39.2 Å². The number of benzene rings is 1. The molecule has 0 amide bonds. The van der Waals surface area contributed by atoms with Crippen molar-refractivity contribution < 1.29 is 4.42 Å². The summed E-state index contributed by atoms with van der Waals surface area (Å²) in [4.78, 5) is 0. The highest BCUT2D eigenvalue weighted by molar-refractivity contribution is 9.10. The molecule has 0 radical (unpaired) electrons. The minimum Gasteiger partial charge on any atom is -0.467 e. The summed E-state index contributed by atoms with van der Waals surface area (Å²) in [5.41, 5.74) is 8.22. The van der Waals surface area contributed by atoms with E-state index in [2.05, 4.69) is 15.9 Å². The number of rotatable bonds is 3. The van der Waals surface area contributed by atoms with Crippen LogP contribution in [0.15, 0.2) is 39.4 Å². The van der Waals surface area contributed by atoms with E-state index in [1.54, 1.807) is 6.26 Å². The summed E-state index contributed by atoms with van der Waals surface area (Å²) in [5, 5.41) is 0.721. The van der Waals surface area contributed by atoms with Gasteiger partial charge in [0.25, 0.3) is 0 Å². The predicted octanol–water partition coefficient (Wildman–Crippen LogP) is 4.25. The number of nitrogens with two attached hydrogens (primary N) is 1. The third-order valence-corrected chi connectivity index (χ3v) is 3.54. The van der Waals surface area contributed by atoms with Gasteiger partial charge in [-0.05, 0) is 42.7 Å². The summed E-state index contributed by atoms with van der Waals surface area (Å²) < 4.78 is 6.35. The number of hydrogen-bond acceptors (Lipinski definition) is 2. The molecule has 0 saturated heterocycles. The van der Waals surface area contributed by atoms with Crippen molar-refractivity contribution in [2.75, 3.05) is 0 Å². The lowest BCUT2D eigenvalue weighted by Gasteiger charge is -2.11. The van der Waals surface area contributed by atoms with Crippen molar-refractivity contribution in [3.05, 3.63) is 56.9 Å². The van der Waals surface area contributed by atoms with Gasteiger partial charge in [-0.2, -0.15) is 0 Å². The molecule has 1 aromatic heterocycles. The molecule has 0 spiro atoms. The smallest absolute Gasteiger partial charge is 0.123 e. The van der Waals surface area contributed by atoms with E-state index in [0.717, 1.165) is 26.4 Å². The standard InChI is InChI=1S/C13H13BrClNO/c1-8-4-5-17-13(8)12(16)6-9-2-3-10(14)7-11(9)15/h2-5,7,12H,6,16H2,1H3. The molecule has 1 unspecified atom stereocenters. The van der Waals surface area contributed by atoms with Crippen LogP contribution in [0.3, 0.4) is 0 Å². The third kappa shape index (κ3) is 2.92. The van der Waals surface area contributed by atoms with Crippen LogP contribution in [0.25, 0.3) is 0 Å². The first-order valence-corrected chi connectivity index (χ1v) is 6.48. The van der Waals surface area contributed by atoms with Gasteiger partial charge in [0, 0.05) is 9.50 Å². The number of aryl methyl sites for hydroxylation is 1. The Morgan fingerprint density at radius 2 is 2.18 bits per heavy atom. The molecular weight excluding hydrogens is 302 g/mol. The Morgan fingerprint density at radius 3 is 2.76 bits per heavy atom. The van der Waals surface area contributed by atoms with Crippen LogP contribution in [0, 0.1) is 6.92 Å². The Balaban J connectivity index is 2.19. The van der Waals surface area contributed by atoms with E-state index >= 15 is 0 Å². The van der Waals surface area contributed by atoms with Crippen LogP contribution >= 0.6 is 27.5 Å². The predicted molar refractivity (Wildman–Crippen MR) is 73.2 cm³/mol. The van der Waals surface area contributed by atoms with Crippen molar-refractivity contribution >= 4 is 27.5 Å². The third-order valence-electron chi connectivity index (χ3n) is 2.69. The van der Waals surface area contributed by atoms with Gasteiger partial charge in [0.1, 0.15) is 5.76 Å². The second-order valence-electron chi connectivity index (χ2n) is 4.01. The highest BCUT2D eigenvalue weighted by atomic mass is 79.9. The fraction of sp³-hybridized carbons (Fsp3) is 0.231. The molecule has 0 aliphatic rings. The van der Waals surface area contributed by atoms with Crippen LogP contribution in [0.5, 0.6) is 0 Å². The van der Waals surface area contributed by atoms with Gasteiger partial charge in [0.15, 0.2) is 0 Å². The minimum atomic E-state index is -0.163. The van der Waals surface area contributed by atoms with Crippen molar-refractivity contribution in [2.45, 2.75) is 19.4 Å². The van der Waals surface area contributed by atoms with Gasteiger partial charge in [-0.1, -0.05) is 33.6 Å². The van der Waals surface area contributed by atoms with Crippen molar-refractivity contribution in [1.29, 1.82) is 0 Å². The van der Waals surface area contributed by atoms with Gasteiger partial charge >= 0.3 is 0 Å². The second-order valence-corrected chi connectivity index (χ2v) is 5.34. The molecule has 0 aliphatic heterocycles. The van der Waals surface area contributed by atoms with Crippen molar-refractivity contribution in [3.63, 3.8) is 0 Å². The average molecular weight is 315 g/mol. The Labute approximate surface area is 114 Å². The van der Waals surface area contributed by atoms with Gasteiger partial charge < -0.3 is 10.2 Å². The molecule has 0 saturated carbocycles. The van der Waals surface area contributed by atoms with Gasteiger partial charge in [0.2, 0.25) is 0 Å². The number of halogens is 2. The number of furan rings is 1. The van der Waals surface area contributed by atoms with E-state index in [-0.39, 0.29) is 6.04 Å². The molecule has 0 fully saturated rings. The molecular formula is C13H13BrClNO.